The summed E-state index contributed by atoms with van der Waals surface area (Å²) in [6.07, 6.45) is -5.37. The molecule has 0 fully saturated rings. The molecule has 6 rings (SSSR count). The van der Waals surface area contributed by atoms with Crippen LogP contribution in [-0.2, 0) is 12.6 Å². The molecular formula is C29H23F5N4O5. The average molecular weight is 603 g/mol. The van der Waals surface area contributed by atoms with Crippen molar-refractivity contribution in [3.8, 4) is 22.9 Å². The Morgan fingerprint density at radius 3 is 2.70 bits per heavy atom. The van der Waals surface area contributed by atoms with Crippen molar-refractivity contribution in [3.05, 3.63) is 89.0 Å². The zero-order chi connectivity index (χ0) is 30.5. The van der Waals surface area contributed by atoms with Crippen LogP contribution in [0.5, 0.6) is 17.2 Å². The summed E-state index contributed by atoms with van der Waals surface area (Å²) >= 11 is 0. The van der Waals surface area contributed by atoms with Crippen molar-refractivity contribution in [3.63, 3.8) is 0 Å². The van der Waals surface area contributed by atoms with Crippen molar-refractivity contribution >= 4 is 11.7 Å². The number of aromatic carboxylic acids is 1. The molecule has 224 valence electrons. The Morgan fingerprint density at radius 1 is 1.14 bits per heavy atom. The molecule has 2 atom stereocenters. The van der Waals surface area contributed by atoms with Gasteiger partial charge in [0.15, 0.2) is 17.2 Å². The molecule has 14 heteroatoms. The Hall–Kier alpha value is -4.88. The lowest BCUT2D eigenvalue weighted by Gasteiger charge is -2.27. The van der Waals surface area contributed by atoms with Crippen molar-refractivity contribution < 1.29 is 46.1 Å². The van der Waals surface area contributed by atoms with E-state index in [4.69, 9.17) is 4.74 Å². The standard InChI is InChI=1S/C29H23F5N4O5/c1-15(16-8-9-23-24(11-16)43-29(33,34)42-23)41-20-12-19(13-35-14-20)38-25-21(26(37-38)28(30,31)32)6-3-7-22(25)36-18-5-2-4-17(10-18)27(39)40/h2,4-5,8-15,22,36H,3,6-7H2,1H3,(H,39,40)/t15-,22?/m0/s1. The fourth-order valence-corrected chi connectivity index (χ4v) is 5.27. The number of rotatable bonds is 7. The fourth-order valence-electron chi connectivity index (χ4n) is 5.27. The lowest BCUT2D eigenvalue weighted by atomic mass is 9.91. The van der Waals surface area contributed by atoms with E-state index in [1.165, 1.54) is 53.5 Å². The molecule has 0 spiro atoms. The number of benzene rings is 2. The van der Waals surface area contributed by atoms with Crippen molar-refractivity contribution in [2.45, 2.75) is 50.8 Å². The molecule has 1 aliphatic carbocycles. The highest BCUT2D eigenvalue weighted by molar-refractivity contribution is 5.88. The predicted molar refractivity (Wildman–Crippen MR) is 141 cm³/mol. The average Bonchev–Trinajstić information content (AvgIpc) is 3.50. The molecule has 2 aliphatic rings. The molecule has 0 saturated carbocycles. The van der Waals surface area contributed by atoms with Crippen LogP contribution in [0.1, 0.15) is 64.8 Å². The molecule has 4 aromatic rings. The van der Waals surface area contributed by atoms with Gasteiger partial charge in [0.1, 0.15) is 11.9 Å². The van der Waals surface area contributed by atoms with Gasteiger partial charge in [0.25, 0.3) is 0 Å². The summed E-state index contributed by atoms with van der Waals surface area (Å²) in [6, 6.07) is 11.1. The number of halogens is 5. The van der Waals surface area contributed by atoms with Gasteiger partial charge in [-0.15, -0.1) is 8.78 Å². The summed E-state index contributed by atoms with van der Waals surface area (Å²) in [5, 5.41) is 16.5. The Balaban J connectivity index is 1.32. The zero-order valence-corrected chi connectivity index (χ0v) is 22.4. The second-order valence-corrected chi connectivity index (χ2v) is 10.1. The highest BCUT2D eigenvalue weighted by Crippen LogP contribution is 2.43. The second-order valence-electron chi connectivity index (χ2n) is 10.1. The summed E-state index contributed by atoms with van der Waals surface area (Å²) in [4.78, 5) is 15.6. The summed E-state index contributed by atoms with van der Waals surface area (Å²) in [5.74, 6) is -1.21. The van der Waals surface area contributed by atoms with E-state index in [0.717, 1.165) is 0 Å². The highest BCUT2D eigenvalue weighted by atomic mass is 19.4. The molecule has 9 nitrogen and oxygen atoms in total. The van der Waals surface area contributed by atoms with Gasteiger partial charge in [0, 0.05) is 17.3 Å². The Bertz CT molecular complexity index is 1710. The third-order valence-electron chi connectivity index (χ3n) is 7.14. The van der Waals surface area contributed by atoms with Gasteiger partial charge in [0.05, 0.1) is 35.4 Å². The van der Waals surface area contributed by atoms with Crippen molar-refractivity contribution in [2.24, 2.45) is 0 Å². The quantitative estimate of drug-likeness (QED) is 0.219. The summed E-state index contributed by atoms with van der Waals surface area (Å²) in [5.41, 5.74) is 0.467. The molecule has 0 saturated heterocycles. The van der Waals surface area contributed by atoms with E-state index in [9.17, 15) is 31.9 Å². The topological polar surface area (TPSA) is 108 Å². The molecule has 0 amide bonds. The number of nitrogens with one attached hydrogen (secondary N) is 1. The largest absolute Gasteiger partial charge is 0.586 e. The van der Waals surface area contributed by atoms with Crippen LogP contribution in [0.2, 0.25) is 0 Å². The van der Waals surface area contributed by atoms with Crippen molar-refractivity contribution in [2.75, 3.05) is 5.32 Å². The number of ether oxygens (including phenoxy) is 3. The van der Waals surface area contributed by atoms with Crippen LogP contribution in [0.4, 0.5) is 27.6 Å². The third kappa shape index (κ3) is 5.64. The first-order valence-corrected chi connectivity index (χ1v) is 13.2. The van der Waals surface area contributed by atoms with E-state index >= 15 is 0 Å². The summed E-state index contributed by atoms with van der Waals surface area (Å²) < 4.78 is 85.3. The first-order valence-electron chi connectivity index (χ1n) is 13.2. The van der Waals surface area contributed by atoms with E-state index in [0.29, 0.717) is 24.1 Å². The molecule has 2 N–H and O–H groups in total. The van der Waals surface area contributed by atoms with Crippen LogP contribution >= 0.6 is 0 Å². The van der Waals surface area contributed by atoms with Crippen molar-refractivity contribution in [1.82, 2.24) is 14.8 Å². The maximum atomic E-state index is 14.1. The van der Waals surface area contributed by atoms with Gasteiger partial charge in [-0.1, -0.05) is 12.1 Å². The molecule has 2 aromatic carbocycles. The summed E-state index contributed by atoms with van der Waals surface area (Å²) in [6.45, 7) is 1.66. The van der Waals surface area contributed by atoms with E-state index in [1.54, 1.807) is 19.1 Å². The SMILES string of the molecule is C[C@H](Oc1cncc(-n2nc(C(F)(F)F)c3c2C(Nc2cccc(C(=O)O)c2)CCC3)c1)c1ccc2c(c1)OC(F)(F)O2. The predicted octanol–water partition coefficient (Wildman–Crippen LogP) is 6.94. The fraction of sp³-hybridized carbons (Fsp3) is 0.276. The van der Waals surface area contributed by atoms with E-state index in [1.807, 2.05) is 0 Å². The molecule has 1 aliphatic heterocycles. The van der Waals surface area contributed by atoms with Gasteiger partial charge < -0.3 is 24.6 Å². The number of carbonyl (C=O) groups is 1. The smallest absolute Gasteiger partial charge is 0.484 e. The van der Waals surface area contributed by atoms with Gasteiger partial charge in [-0.25, -0.2) is 9.48 Å². The molecule has 0 radical (unpaired) electrons. The molecule has 2 aromatic heterocycles. The lowest BCUT2D eigenvalue weighted by Crippen LogP contribution is -2.25. The minimum Gasteiger partial charge on any atom is -0.484 e. The second kappa shape index (κ2) is 10.4. The number of hydrogen-bond acceptors (Lipinski definition) is 7. The van der Waals surface area contributed by atoms with Crippen molar-refractivity contribution in [1.29, 1.82) is 0 Å². The summed E-state index contributed by atoms with van der Waals surface area (Å²) in [7, 11) is 0. The first-order chi connectivity index (χ1) is 20.4. The van der Waals surface area contributed by atoms with Gasteiger partial charge in [-0.05, 0) is 62.1 Å². The van der Waals surface area contributed by atoms with Crippen LogP contribution in [0, 0.1) is 0 Å². The minimum atomic E-state index is -4.72. The van der Waals surface area contributed by atoms with E-state index in [2.05, 4.69) is 24.9 Å². The number of anilines is 1. The number of aromatic nitrogens is 3. The number of carboxylic acids is 1. The number of carboxylic acid groups (broad SMARTS) is 1. The first kappa shape index (κ1) is 28.2. The highest BCUT2D eigenvalue weighted by Gasteiger charge is 2.44. The molecule has 3 heterocycles. The molecular weight excluding hydrogens is 579 g/mol. The van der Waals surface area contributed by atoms with Gasteiger partial charge in [0.2, 0.25) is 0 Å². The molecule has 1 unspecified atom stereocenters. The van der Waals surface area contributed by atoms with E-state index < -0.39 is 36.3 Å². The van der Waals surface area contributed by atoms with Crippen LogP contribution in [0.15, 0.2) is 60.9 Å². The zero-order valence-electron chi connectivity index (χ0n) is 22.4. The Morgan fingerprint density at radius 2 is 1.93 bits per heavy atom. The van der Waals surface area contributed by atoms with Gasteiger partial charge >= 0.3 is 18.4 Å². The van der Waals surface area contributed by atoms with Crippen LogP contribution in [0.25, 0.3) is 5.69 Å². The van der Waals surface area contributed by atoms with Crippen LogP contribution in [-0.4, -0.2) is 32.1 Å². The van der Waals surface area contributed by atoms with Crippen LogP contribution < -0.4 is 19.5 Å². The monoisotopic (exact) mass is 602 g/mol. The maximum absolute atomic E-state index is 14.1. The molecule has 0 bridgehead atoms. The van der Waals surface area contributed by atoms with E-state index in [-0.39, 0.29) is 46.2 Å². The third-order valence-corrected chi connectivity index (χ3v) is 7.14. The Kier molecular flexibility index (Phi) is 6.86. The number of pyridine rings is 1. The normalized spacial score (nSPS) is 17.7. The molecule has 43 heavy (non-hydrogen) atoms. The lowest BCUT2D eigenvalue weighted by molar-refractivity contribution is -0.286. The van der Waals surface area contributed by atoms with Gasteiger partial charge in [-0.2, -0.15) is 18.3 Å². The number of nitrogens with zero attached hydrogens (tertiary/aromatic N) is 3. The number of hydrogen-bond donors (Lipinski definition) is 2. The minimum absolute atomic E-state index is 0.0323. The number of alkyl halides is 5. The van der Waals surface area contributed by atoms with Crippen LogP contribution in [0.3, 0.4) is 0 Å². The van der Waals surface area contributed by atoms with Gasteiger partial charge in [-0.3, -0.25) is 4.98 Å². The maximum Gasteiger partial charge on any atom is 0.586 e. The number of fused-ring (bicyclic) bond motifs is 2. The Labute approximate surface area is 240 Å².